The van der Waals surface area contributed by atoms with Gasteiger partial charge in [0.05, 0.1) is 24.8 Å². The molecule has 30 heavy (non-hydrogen) atoms. The van der Waals surface area contributed by atoms with Crippen LogP contribution in [0.5, 0.6) is 5.75 Å². The second kappa shape index (κ2) is 8.67. The zero-order valence-electron chi connectivity index (χ0n) is 17.0. The summed E-state index contributed by atoms with van der Waals surface area (Å²) in [5.41, 5.74) is 2.44. The molecule has 2 aromatic carbocycles. The molecule has 2 fully saturated rings. The highest BCUT2D eigenvalue weighted by Crippen LogP contribution is 2.26. The van der Waals surface area contributed by atoms with E-state index >= 15 is 0 Å². The summed E-state index contributed by atoms with van der Waals surface area (Å²) < 4.78 is 5.41. The van der Waals surface area contributed by atoms with Crippen LogP contribution in [-0.4, -0.2) is 36.9 Å². The maximum absolute atomic E-state index is 12.8. The molecule has 0 radical (unpaired) electrons. The standard InChI is InChI=1S/C23H25N3O4/c1-2-30-19-11-9-18(10-12-19)26-22(28)14-20(23(26)29)24-15-16-5-7-17(8-6-16)25-13-3-4-21(25)27/h5-12,20,24H,2-4,13-15H2,1H3/t20-/m0/s1. The fourth-order valence-corrected chi connectivity index (χ4v) is 3.88. The summed E-state index contributed by atoms with van der Waals surface area (Å²) in [6.07, 6.45) is 1.63. The minimum Gasteiger partial charge on any atom is -0.494 e. The Labute approximate surface area is 175 Å². The molecule has 1 atom stereocenters. The molecule has 0 aliphatic carbocycles. The highest BCUT2D eigenvalue weighted by atomic mass is 16.5. The topological polar surface area (TPSA) is 79.0 Å². The van der Waals surface area contributed by atoms with Crippen LogP contribution < -0.4 is 19.9 Å². The van der Waals surface area contributed by atoms with Gasteiger partial charge in [-0.2, -0.15) is 0 Å². The van der Waals surface area contributed by atoms with Crippen molar-refractivity contribution >= 4 is 29.1 Å². The van der Waals surface area contributed by atoms with Crippen molar-refractivity contribution in [3.05, 3.63) is 54.1 Å². The van der Waals surface area contributed by atoms with E-state index in [4.69, 9.17) is 4.74 Å². The zero-order valence-corrected chi connectivity index (χ0v) is 17.0. The molecule has 2 aliphatic heterocycles. The third-order valence-electron chi connectivity index (χ3n) is 5.43. The lowest BCUT2D eigenvalue weighted by molar-refractivity contribution is -0.122. The molecule has 156 valence electrons. The van der Waals surface area contributed by atoms with Gasteiger partial charge in [-0.1, -0.05) is 12.1 Å². The Morgan fingerprint density at radius 2 is 1.67 bits per heavy atom. The maximum atomic E-state index is 12.8. The van der Waals surface area contributed by atoms with Crippen molar-refractivity contribution in [2.24, 2.45) is 0 Å². The number of anilines is 2. The molecule has 3 amide bonds. The third-order valence-corrected chi connectivity index (χ3v) is 5.43. The number of amides is 3. The van der Waals surface area contributed by atoms with Gasteiger partial charge >= 0.3 is 0 Å². The second-order valence-corrected chi connectivity index (χ2v) is 7.45. The molecule has 7 nitrogen and oxygen atoms in total. The molecule has 0 unspecified atom stereocenters. The normalized spacial score (nSPS) is 19.1. The highest BCUT2D eigenvalue weighted by molar-refractivity contribution is 6.22. The van der Waals surface area contributed by atoms with E-state index in [2.05, 4.69) is 5.32 Å². The summed E-state index contributed by atoms with van der Waals surface area (Å²) in [7, 11) is 0. The largest absolute Gasteiger partial charge is 0.494 e. The Bertz CT molecular complexity index is 940. The van der Waals surface area contributed by atoms with Crippen molar-refractivity contribution in [3.8, 4) is 5.75 Å². The van der Waals surface area contributed by atoms with E-state index in [-0.39, 0.29) is 24.1 Å². The smallest absolute Gasteiger partial charge is 0.251 e. The second-order valence-electron chi connectivity index (χ2n) is 7.45. The number of hydrogen-bond acceptors (Lipinski definition) is 5. The number of nitrogens with zero attached hydrogens (tertiary/aromatic N) is 2. The van der Waals surface area contributed by atoms with Gasteiger partial charge in [0.1, 0.15) is 5.75 Å². The van der Waals surface area contributed by atoms with E-state index in [9.17, 15) is 14.4 Å². The first-order valence-corrected chi connectivity index (χ1v) is 10.3. The summed E-state index contributed by atoms with van der Waals surface area (Å²) in [5.74, 6) is 0.396. The zero-order chi connectivity index (χ0) is 21.1. The summed E-state index contributed by atoms with van der Waals surface area (Å²) >= 11 is 0. The SMILES string of the molecule is CCOc1ccc(N2C(=O)C[C@H](NCc3ccc(N4CCCC4=O)cc3)C2=O)cc1. The Hall–Kier alpha value is -3.19. The summed E-state index contributed by atoms with van der Waals surface area (Å²) in [5, 5.41) is 3.19. The average molecular weight is 407 g/mol. The lowest BCUT2D eigenvalue weighted by Gasteiger charge is -2.17. The van der Waals surface area contributed by atoms with Gasteiger partial charge in [-0.05, 0) is 55.3 Å². The summed E-state index contributed by atoms with van der Waals surface area (Å²) in [6.45, 7) is 3.69. The van der Waals surface area contributed by atoms with Gasteiger partial charge in [0.15, 0.2) is 0 Å². The minimum atomic E-state index is -0.552. The molecule has 0 aromatic heterocycles. The molecule has 0 bridgehead atoms. The van der Waals surface area contributed by atoms with Crippen LogP contribution in [0.4, 0.5) is 11.4 Å². The van der Waals surface area contributed by atoms with Crippen LogP contribution in [0.25, 0.3) is 0 Å². The first kappa shape index (κ1) is 20.1. The maximum Gasteiger partial charge on any atom is 0.251 e. The van der Waals surface area contributed by atoms with E-state index in [1.807, 2.05) is 31.2 Å². The highest BCUT2D eigenvalue weighted by Gasteiger charge is 2.39. The van der Waals surface area contributed by atoms with Crippen molar-refractivity contribution in [3.63, 3.8) is 0 Å². The molecule has 7 heteroatoms. The van der Waals surface area contributed by atoms with Crippen LogP contribution in [0, 0.1) is 0 Å². The lowest BCUT2D eigenvalue weighted by atomic mass is 10.1. The van der Waals surface area contributed by atoms with Crippen molar-refractivity contribution in [2.45, 2.75) is 38.8 Å². The Kier molecular flexibility index (Phi) is 5.81. The van der Waals surface area contributed by atoms with E-state index in [1.165, 1.54) is 4.90 Å². The van der Waals surface area contributed by atoms with Gasteiger partial charge in [0.2, 0.25) is 11.8 Å². The number of nitrogens with one attached hydrogen (secondary N) is 1. The van der Waals surface area contributed by atoms with Crippen molar-refractivity contribution < 1.29 is 19.1 Å². The van der Waals surface area contributed by atoms with Crippen molar-refractivity contribution in [1.82, 2.24) is 5.32 Å². The number of rotatable bonds is 7. The van der Waals surface area contributed by atoms with Crippen LogP contribution in [0.2, 0.25) is 0 Å². The summed E-state index contributed by atoms with van der Waals surface area (Å²) in [4.78, 5) is 40.1. The molecule has 0 spiro atoms. The summed E-state index contributed by atoms with van der Waals surface area (Å²) in [6, 6.07) is 14.1. The monoisotopic (exact) mass is 407 g/mol. The molecule has 4 rings (SSSR count). The van der Waals surface area contributed by atoms with E-state index in [0.717, 1.165) is 24.2 Å². The molecular weight excluding hydrogens is 382 g/mol. The number of hydrogen-bond donors (Lipinski definition) is 1. The minimum absolute atomic E-state index is 0.131. The molecule has 2 aromatic rings. The van der Waals surface area contributed by atoms with Crippen molar-refractivity contribution in [1.29, 1.82) is 0 Å². The van der Waals surface area contributed by atoms with Crippen LogP contribution in [0.15, 0.2) is 48.5 Å². The van der Waals surface area contributed by atoms with E-state index in [1.54, 1.807) is 29.2 Å². The number of imide groups is 1. The molecular formula is C23H25N3O4. The van der Waals surface area contributed by atoms with Gasteiger partial charge in [0, 0.05) is 25.2 Å². The predicted molar refractivity (Wildman–Crippen MR) is 113 cm³/mol. The van der Waals surface area contributed by atoms with E-state index in [0.29, 0.717) is 31.0 Å². The average Bonchev–Trinajstić information content (AvgIpc) is 3.30. The number of carbonyl (C=O) groups excluding carboxylic acids is 3. The Morgan fingerprint density at radius 3 is 2.30 bits per heavy atom. The predicted octanol–water partition coefficient (Wildman–Crippen LogP) is 2.63. The van der Waals surface area contributed by atoms with Gasteiger partial charge in [-0.3, -0.25) is 14.4 Å². The fourth-order valence-electron chi connectivity index (χ4n) is 3.88. The number of carbonyl (C=O) groups is 3. The molecule has 1 N–H and O–H groups in total. The Balaban J connectivity index is 1.37. The van der Waals surface area contributed by atoms with Crippen LogP contribution in [0.1, 0.15) is 31.7 Å². The van der Waals surface area contributed by atoms with Crippen LogP contribution in [-0.2, 0) is 20.9 Å². The van der Waals surface area contributed by atoms with Gasteiger partial charge < -0.3 is 15.0 Å². The van der Waals surface area contributed by atoms with Crippen molar-refractivity contribution in [2.75, 3.05) is 23.0 Å². The molecule has 2 aliphatic rings. The molecule has 0 saturated carbocycles. The fraction of sp³-hybridized carbons (Fsp3) is 0.348. The Morgan fingerprint density at radius 1 is 0.967 bits per heavy atom. The van der Waals surface area contributed by atoms with E-state index < -0.39 is 6.04 Å². The number of ether oxygens (including phenoxy) is 1. The van der Waals surface area contributed by atoms with Crippen LogP contribution >= 0.6 is 0 Å². The molecule has 2 saturated heterocycles. The number of benzene rings is 2. The molecule has 2 heterocycles. The third kappa shape index (κ3) is 4.07. The lowest BCUT2D eigenvalue weighted by Crippen LogP contribution is -2.38. The van der Waals surface area contributed by atoms with Gasteiger partial charge in [0.25, 0.3) is 5.91 Å². The van der Waals surface area contributed by atoms with Crippen LogP contribution in [0.3, 0.4) is 0 Å². The quantitative estimate of drug-likeness (QED) is 0.714. The first-order valence-electron chi connectivity index (χ1n) is 10.3. The van der Waals surface area contributed by atoms with Gasteiger partial charge in [-0.25, -0.2) is 4.90 Å². The van der Waals surface area contributed by atoms with Gasteiger partial charge in [-0.15, -0.1) is 0 Å². The first-order chi connectivity index (χ1) is 14.6.